The van der Waals surface area contributed by atoms with E-state index in [1.54, 1.807) is 92.1 Å². The highest BCUT2D eigenvalue weighted by Crippen LogP contribution is 2.43. The summed E-state index contributed by atoms with van der Waals surface area (Å²) >= 11 is 0. The number of nitrogens with one attached hydrogen (secondary N) is 4. The van der Waals surface area contributed by atoms with Gasteiger partial charge in [0, 0.05) is 96.7 Å². The molecule has 2 fully saturated rings. The number of hydrogen-bond donors (Lipinski definition) is 4. The van der Waals surface area contributed by atoms with E-state index in [0.29, 0.717) is 73.9 Å². The topological polar surface area (TPSA) is 231 Å². The molecule has 0 spiro atoms. The monoisotopic (exact) mass is 1900 g/mol. The van der Waals surface area contributed by atoms with Gasteiger partial charge in [-0.25, -0.2) is 40.7 Å². The minimum Gasteiger partial charge on any atom is -0.475 e. The second-order valence-corrected chi connectivity index (χ2v) is 32.0. The first-order valence-corrected chi connectivity index (χ1v) is 42.4. The summed E-state index contributed by atoms with van der Waals surface area (Å²) in [5.41, 5.74) is -4.33. The fourth-order valence-electron chi connectivity index (χ4n) is 15.5. The van der Waals surface area contributed by atoms with E-state index in [4.69, 9.17) is 18.9 Å². The highest BCUT2D eigenvalue weighted by molar-refractivity contribution is 5.89. The fourth-order valence-corrected chi connectivity index (χ4v) is 15.5. The number of alkyl halides is 9. The Morgan fingerprint density at radius 1 is 0.350 bits per heavy atom. The standard InChI is InChI=1S/C26H23F3N4O2.C25H19F5N4O2.C24H18F5N3O2.C24H20F3N3O2/c1-15-13-32(14-16(2)35-15)26-22(29)11-21-23(34)12-24(30-19-7-3-5-17(27)9-19)33(25(21)31-26)20-8-4-6-18(28)10-20;26-15-3-1-5-17(11-15)31-22-14-20(35)23-19(25(28,29)30)13-21(33-7-9-36-10-8-33)32-24(23)34(22)18-6-2-4-16(27)12-18;1-13(2)34-21-11-18(24(27,28)29)22-19(33)12-20(30-16-7-3-14(25)4-8-16)32(23(22)31-21)17-9-5-15(26)6-10-17;1-15(2)32-21-13-18(24(25,26)27)22-19(31)14-20(28-16-9-5-3-6-10-16)30(23(22)29-21)17-11-7-4-8-12-17/h3-12,15-16,30H,13-14H2,1-2H3;1-6,11-14,31H,7-10H2;3-13,30H,1-2H3;3-15,28H,1-2H3/t15-,16+;;;. The zero-order chi connectivity index (χ0) is 97.6. The van der Waals surface area contributed by atoms with Crippen molar-refractivity contribution in [2.45, 2.75) is 84.5 Å². The summed E-state index contributed by atoms with van der Waals surface area (Å²) in [5.74, 6) is -3.77. The van der Waals surface area contributed by atoms with E-state index in [-0.39, 0.29) is 104 Å². The van der Waals surface area contributed by atoms with Crippen LogP contribution in [0.4, 0.5) is 128 Å². The summed E-state index contributed by atoms with van der Waals surface area (Å²) in [7, 11) is 0. The van der Waals surface area contributed by atoms with Gasteiger partial charge in [0.15, 0.2) is 55.9 Å². The van der Waals surface area contributed by atoms with Crippen molar-refractivity contribution in [3.63, 3.8) is 0 Å². The molecule has 38 heteroatoms. The molecule has 2 aliphatic rings. The Bertz CT molecular complexity index is 7400. The van der Waals surface area contributed by atoms with Crippen LogP contribution in [0.2, 0.25) is 0 Å². The second-order valence-electron chi connectivity index (χ2n) is 32.0. The van der Waals surface area contributed by atoms with E-state index in [1.165, 1.54) is 134 Å². The normalized spacial score (nSPS) is 14.0. The summed E-state index contributed by atoms with van der Waals surface area (Å²) in [6.45, 7) is 12.5. The number of para-hydroxylation sites is 2. The first-order chi connectivity index (χ1) is 65.2. The van der Waals surface area contributed by atoms with Crippen molar-refractivity contribution in [2.24, 2.45) is 0 Å². The van der Waals surface area contributed by atoms with Crippen molar-refractivity contribution >= 4 is 102 Å². The van der Waals surface area contributed by atoms with Crippen LogP contribution in [0.1, 0.15) is 58.2 Å². The maximum Gasteiger partial charge on any atom is 0.417 e. The lowest BCUT2D eigenvalue weighted by molar-refractivity contribution is -0.137. The molecule has 0 amide bonds. The smallest absolute Gasteiger partial charge is 0.417 e. The van der Waals surface area contributed by atoms with Crippen LogP contribution in [0.15, 0.2) is 274 Å². The lowest BCUT2D eigenvalue weighted by Gasteiger charge is -2.36. The van der Waals surface area contributed by atoms with E-state index >= 15 is 4.39 Å². The molecule has 0 aliphatic carbocycles. The van der Waals surface area contributed by atoms with Crippen molar-refractivity contribution in [1.29, 1.82) is 0 Å². The number of nitrogens with zero attached hydrogens (tertiary/aromatic N) is 10. The molecule has 22 nitrogen and oxygen atoms in total. The quantitative estimate of drug-likeness (QED) is 0.0585. The Balaban J connectivity index is 0.000000139. The highest BCUT2D eigenvalue weighted by Gasteiger charge is 2.40. The molecular formula is C99H80F16N14O8. The number of aromatic nitrogens is 8. The first-order valence-electron chi connectivity index (χ1n) is 42.4. The molecule has 0 saturated carbocycles. The summed E-state index contributed by atoms with van der Waals surface area (Å²) in [6, 6.07) is 57.6. The fraction of sp³-hybridized carbons (Fsp3) is 0.192. The SMILES string of the molecule is CC(C)Oc1cc(C(F)(F)F)c2c(=O)cc(Nc3ccc(F)cc3)n(-c3ccc(F)cc3)c2n1.CC(C)Oc1cc(C(F)(F)F)c2c(=O)cc(Nc3ccccc3)n(-c3ccccc3)c2n1.C[C@@H]1CN(c2nc3c(cc2F)c(=O)cc(Nc2cccc(F)c2)n3-c2cccc(F)c2)C[C@H](C)O1.O=c1cc(Nc2cccc(F)c2)n(-c2cccc(F)c2)c2nc(N3CCOCC3)cc(C(F)(F)F)c12. The van der Waals surface area contributed by atoms with Gasteiger partial charge in [-0.3, -0.25) is 37.4 Å². The van der Waals surface area contributed by atoms with E-state index in [0.717, 1.165) is 60.7 Å². The van der Waals surface area contributed by atoms with Crippen molar-refractivity contribution in [3.8, 4) is 34.5 Å². The van der Waals surface area contributed by atoms with Crippen LogP contribution >= 0.6 is 0 Å². The zero-order valence-corrected chi connectivity index (χ0v) is 73.1. The Labute approximate surface area is 768 Å². The van der Waals surface area contributed by atoms with Gasteiger partial charge in [-0.1, -0.05) is 60.7 Å². The number of ether oxygens (including phenoxy) is 4. The Kier molecular flexibility index (Phi) is 28.2. The van der Waals surface area contributed by atoms with Crippen LogP contribution in [0.25, 0.3) is 66.9 Å². The van der Waals surface area contributed by atoms with Crippen LogP contribution in [-0.2, 0) is 28.0 Å². The van der Waals surface area contributed by atoms with Gasteiger partial charge in [-0.15, -0.1) is 0 Å². The summed E-state index contributed by atoms with van der Waals surface area (Å²) in [4.78, 5) is 72.9. The van der Waals surface area contributed by atoms with Gasteiger partial charge in [0.2, 0.25) is 11.8 Å². The second kappa shape index (κ2) is 40.3. The van der Waals surface area contributed by atoms with E-state index < -0.39 is 126 Å². The van der Waals surface area contributed by atoms with Crippen LogP contribution < -0.4 is 62.3 Å². The lowest BCUT2D eigenvalue weighted by Crippen LogP contribution is -2.46. The van der Waals surface area contributed by atoms with Crippen LogP contribution in [0.5, 0.6) is 11.8 Å². The van der Waals surface area contributed by atoms with Crippen molar-refractivity contribution in [3.05, 3.63) is 353 Å². The molecule has 0 radical (unpaired) electrons. The molecule has 137 heavy (non-hydrogen) atoms. The lowest BCUT2D eigenvalue weighted by atomic mass is 10.1. The third-order valence-corrected chi connectivity index (χ3v) is 21.0. The number of morpholine rings is 2. The van der Waals surface area contributed by atoms with E-state index in [1.807, 2.05) is 32.0 Å². The van der Waals surface area contributed by atoms with Crippen LogP contribution in [0.3, 0.4) is 0 Å². The number of pyridine rings is 8. The molecular weight excluding hydrogens is 1820 g/mol. The Morgan fingerprint density at radius 2 is 0.708 bits per heavy atom. The number of benzene rings is 8. The average Bonchev–Trinajstić information content (AvgIpc) is 0.743. The summed E-state index contributed by atoms with van der Waals surface area (Å²) in [5, 5.41) is 10.1. The minimum atomic E-state index is -4.87. The van der Waals surface area contributed by atoms with E-state index in [2.05, 4.69) is 41.2 Å². The molecule has 706 valence electrons. The van der Waals surface area contributed by atoms with Crippen molar-refractivity contribution < 1.29 is 89.2 Å². The number of rotatable bonds is 18. The maximum absolute atomic E-state index is 15.2. The largest absolute Gasteiger partial charge is 0.475 e. The van der Waals surface area contributed by atoms with Gasteiger partial charge in [-0.05, 0) is 199 Å². The third kappa shape index (κ3) is 22.4. The van der Waals surface area contributed by atoms with Crippen LogP contribution in [0, 0.1) is 40.7 Å². The average molecular weight is 1900 g/mol. The van der Waals surface area contributed by atoms with Crippen LogP contribution in [-0.4, -0.2) is 102 Å². The Morgan fingerprint density at radius 3 is 1.14 bits per heavy atom. The third-order valence-electron chi connectivity index (χ3n) is 21.0. The molecule has 8 aromatic heterocycles. The molecule has 4 N–H and O–H groups in total. The van der Waals surface area contributed by atoms with E-state index in [9.17, 15) is 85.0 Å². The molecule has 0 bridgehead atoms. The van der Waals surface area contributed by atoms with Gasteiger partial charge in [0.1, 0.15) is 64.0 Å². The highest BCUT2D eigenvalue weighted by atomic mass is 19.4. The number of halogens is 16. The predicted octanol–water partition coefficient (Wildman–Crippen LogP) is 22.6. The molecule has 0 unspecified atom stereocenters. The molecule has 8 aromatic carbocycles. The van der Waals surface area contributed by atoms with Gasteiger partial charge in [0.05, 0.1) is 87.2 Å². The summed E-state index contributed by atoms with van der Waals surface area (Å²) < 4.78 is 252. The van der Waals surface area contributed by atoms with Gasteiger partial charge >= 0.3 is 18.5 Å². The molecule has 18 rings (SSSR count). The first kappa shape index (κ1) is 96.0. The number of anilines is 10. The molecule has 16 aromatic rings. The molecule has 10 heterocycles. The number of fused-ring (bicyclic) bond motifs is 4. The van der Waals surface area contributed by atoms with Crippen molar-refractivity contribution in [1.82, 2.24) is 38.2 Å². The maximum atomic E-state index is 15.2. The Hall–Kier alpha value is -15.6. The van der Waals surface area contributed by atoms with Crippen molar-refractivity contribution in [2.75, 3.05) is 70.5 Å². The summed E-state index contributed by atoms with van der Waals surface area (Å²) in [6.07, 6.45) is -15.7. The molecule has 2 aliphatic heterocycles. The van der Waals surface area contributed by atoms with Gasteiger partial charge in [-0.2, -0.15) is 49.5 Å². The van der Waals surface area contributed by atoms with Gasteiger partial charge < -0.3 is 50.0 Å². The predicted molar refractivity (Wildman–Crippen MR) is 490 cm³/mol. The number of hydrogen-bond acceptors (Lipinski definition) is 18. The minimum absolute atomic E-state index is 0.00517. The molecule has 2 atom stereocenters. The molecule has 2 saturated heterocycles. The zero-order valence-electron chi connectivity index (χ0n) is 73.1. The van der Waals surface area contributed by atoms with Gasteiger partial charge in [0.25, 0.3) is 0 Å².